The van der Waals surface area contributed by atoms with Gasteiger partial charge in [-0.15, -0.1) is 0 Å². The van der Waals surface area contributed by atoms with Gasteiger partial charge in [-0.05, 0) is 26.2 Å². The van der Waals surface area contributed by atoms with Crippen LogP contribution in [0.15, 0.2) is 11.0 Å². The average molecular weight is 377 g/mol. The first-order chi connectivity index (χ1) is 13.0. The van der Waals surface area contributed by atoms with Crippen molar-refractivity contribution in [2.45, 2.75) is 51.1 Å². The van der Waals surface area contributed by atoms with E-state index in [1.54, 1.807) is 4.90 Å². The van der Waals surface area contributed by atoms with Gasteiger partial charge in [-0.2, -0.15) is 0 Å². The second kappa shape index (κ2) is 6.97. The maximum absolute atomic E-state index is 12.8. The number of rotatable bonds is 3. The lowest BCUT2D eigenvalue weighted by Crippen LogP contribution is -2.57. The molecule has 0 aromatic carbocycles. The summed E-state index contributed by atoms with van der Waals surface area (Å²) in [6.07, 6.45) is 3.29. The normalized spacial score (nSPS) is 27.2. The number of aromatic hydroxyl groups is 1. The molecule has 0 aliphatic carbocycles. The van der Waals surface area contributed by atoms with E-state index in [-0.39, 0.29) is 29.9 Å². The summed E-state index contributed by atoms with van der Waals surface area (Å²) < 4.78 is 12.6. The van der Waals surface area contributed by atoms with Crippen molar-refractivity contribution in [2.24, 2.45) is 0 Å². The molecule has 1 aromatic rings. The predicted molar refractivity (Wildman–Crippen MR) is 93.7 cm³/mol. The topological polar surface area (TPSA) is 110 Å². The minimum absolute atomic E-state index is 0.0473. The third kappa shape index (κ3) is 3.10. The van der Waals surface area contributed by atoms with Crippen LogP contribution in [0, 0.1) is 0 Å². The van der Waals surface area contributed by atoms with Crippen molar-refractivity contribution in [3.05, 3.63) is 27.7 Å². The fourth-order valence-electron chi connectivity index (χ4n) is 3.93. The van der Waals surface area contributed by atoms with Crippen molar-refractivity contribution >= 4 is 11.8 Å². The smallest absolute Gasteiger partial charge is 0.276 e. The zero-order valence-corrected chi connectivity index (χ0v) is 15.1. The lowest BCUT2D eigenvalue weighted by atomic mass is 10.1. The highest BCUT2D eigenvalue weighted by Gasteiger charge is 2.41. The van der Waals surface area contributed by atoms with Crippen molar-refractivity contribution in [3.63, 3.8) is 0 Å². The summed E-state index contributed by atoms with van der Waals surface area (Å²) in [7, 11) is 0. The van der Waals surface area contributed by atoms with Gasteiger partial charge < -0.3 is 29.4 Å². The quantitative estimate of drug-likeness (QED) is 0.770. The van der Waals surface area contributed by atoms with Gasteiger partial charge in [0.25, 0.3) is 11.8 Å². The van der Waals surface area contributed by atoms with Gasteiger partial charge in [-0.3, -0.25) is 14.4 Å². The largest absolute Gasteiger partial charge is 0.503 e. The number of hydrogen-bond donors (Lipinski definition) is 2. The van der Waals surface area contributed by atoms with Crippen molar-refractivity contribution in [1.29, 1.82) is 0 Å². The van der Waals surface area contributed by atoms with Crippen LogP contribution in [-0.4, -0.2) is 64.5 Å². The standard InChI is InChI=1S/C18H23N3O6/c1-10-4-6-27-13-9-20-8-12(17(24)19-7-11-3-2-5-26-11)15(22)16(23)14(20)18(25)21(10)13/h8,10-11,13,23H,2-7,9H2,1H3,(H,19,24)/t10-,11-,13+/m1/s1. The van der Waals surface area contributed by atoms with Crippen molar-refractivity contribution in [2.75, 3.05) is 19.8 Å². The second-order valence-electron chi connectivity index (χ2n) is 7.24. The molecule has 146 valence electrons. The molecule has 3 aliphatic heterocycles. The number of carbonyl (C=O) groups excluding carboxylic acids is 2. The molecule has 0 bridgehead atoms. The lowest BCUT2D eigenvalue weighted by molar-refractivity contribution is -0.112. The number of fused-ring (bicyclic) bond motifs is 2. The van der Waals surface area contributed by atoms with Crippen LogP contribution in [0.3, 0.4) is 0 Å². The van der Waals surface area contributed by atoms with E-state index in [1.165, 1.54) is 10.8 Å². The summed E-state index contributed by atoms with van der Waals surface area (Å²) in [6.45, 7) is 3.67. The van der Waals surface area contributed by atoms with E-state index in [4.69, 9.17) is 9.47 Å². The highest BCUT2D eigenvalue weighted by atomic mass is 16.5. The van der Waals surface area contributed by atoms with Crippen LogP contribution >= 0.6 is 0 Å². The lowest BCUT2D eigenvalue weighted by Gasteiger charge is -2.44. The SMILES string of the molecule is C[C@@H]1CCO[C@H]2Cn3cc(C(=O)NC[C@H]4CCCO4)c(=O)c(O)c3C(=O)N12. The van der Waals surface area contributed by atoms with E-state index < -0.39 is 29.2 Å². The van der Waals surface area contributed by atoms with Crippen LogP contribution in [0.25, 0.3) is 0 Å². The highest BCUT2D eigenvalue weighted by Crippen LogP contribution is 2.29. The van der Waals surface area contributed by atoms with Gasteiger partial charge in [0.2, 0.25) is 5.43 Å². The first-order valence-corrected chi connectivity index (χ1v) is 9.28. The fraction of sp³-hybridized carbons (Fsp3) is 0.611. The highest BCUT2D eigenvalue weighted by molar-refractivity contribution is 5.99. The predicted octanol–water partition coefficient (Wildman–Crippen LogP) is 0.0534. The van der Waals surface area contributed by atoms with Gasteiger partial charge in [0.1, 0.15) is 5.56 Å². The summed E-state index contributed by atoms with van der Waals surface area (Å²) in [4.78, 5) is 39.3. The summed E-state index contributed by atoms with van der Waals surface area (Å²) in [5, 5.41) is 13.0. The molecule has 2 N–H and O–H groups in total. The van der Waals surface area contributed by atoms with Gasteiger partial charge in [-0.1, -0.05) is 0 Å². The number of carbonyl (C=O) groups is 2. The molecule has 2 saturated heterocycles. The Morgan fingerprint density at radius 2 is 2.11 bits per heavy atom. The first kappa shape index (κ1) is 18.0. The Balaban J connectivity index is 1.63. The molecule has 3 atom stereocenters. The van der Waals surface area contributed by atoms with Gasteiger partial charge in [0.15, 0.2) is 17.7 Å². The van der Waals surface area contributed by atoms with E-state index in [1.807, 2.05) is 6.92 Å². The molecule has 27 heavy (non-hydrogen) atoms. The van der Waals surface area contributed by atoms with Crippen LogP contribution in [-0.2, 0) is 16.0 Å². The number of aromatic nitrogens is 1. The molecule has 4 heterocycles. The molecule has 9 heteroatoms. The van der Waals surface area contributed by atoms with Crippen LogP contribution in [0.1, 0.15) is 47.0 Å². The van der Waals surface area contributed by atoms with E-state index in [0.717, 1.165) is 12.8 Å². The molecule has 2 amide bonds. The van der Waals surface area contributed by atoms with E-state index in [9.17, 15) is 19.5 Å². The Bertz CT molecular complexity index is 829. The molecule has 0 saturated carbocycles. The van der Waals surface area contributed by atoms with E-state index in [0.29, 0.717) is 26.2 Å². The number of nitrogens with one attached hydrogen (secondary N) is 1. The Morgan fingerprint density at radius 1 is 1.30 bits per heavy atom. The summed E-state index contributed by atoms with van der Waals surface area (Å²) in [6, 6.07) is -0.0473. The molecule has 0 radical (unpaired) electrons. The number of nitrogens with zero attached hydrogens (tertiary/aromatic N) is 2. The molecular formula is C18H23N3O6. The monoisotopic (exact) mass is 377 g/mol. The minimum Gasteiger partial charge on any atom is -0.503 e. The fourth-order valence-corrected chi connectivity index (χ4v) is 3.93. The molecule has 2 fully saturated rings. The number of pyridine rings is 1. The van der Waals surface area contributed by atoms with Crippen LogP contribution in [0.2, 0.25) is 0 Å². The average Bonchev–Trinajstić information content (AvgIpc) is 3.16. The molecule has 3 aliphatic rings. The zero-order valence-electron chi connectivity index (χ0n) is 15.1. The van der Waals surface area contributed by atoms with Crippen molar-refractivity contribution < 1.29 is 24.2 Å². The molecule has 0 unspecified atom stereocenters. The van der Waals surface area contributed by atoms with Crippen LogP contribution in [0.5, 0.6) is 5.75 Å². The van der Waals surface area contributed by atoms with Gasteiger partial charge in [-0.25, -0.2) is 0 Å². The Labute approximate surface area is 155 Å². The Morgan fingerprint density at radius 3 is 2.85 bits per heavy atom. The number of ether oxygens (including phenoxy) is 2. The zero-order chi connectivity index (χ0) is 19.1. The molecular weight excluding hydrogens is 354 g/mol. The summed E-state index contributed by atoms with van der Waals surface area (Å²) in [5.74, 6) is -1.74. The van der Waals surface area contributed by atoms with Crippen molar-refractivity contribution in [3.8, 4) is 5.75 Å². The first-order valence-electron chi connectivity index (χ1n) is 9.28. The molecule has 0 spiro atoms. The van der Waals surface area contributed by atoms with Gasteiger partial charge in [0.05, 0.1) is 19.3 Å². The number of hydrogen-bond acceptors (Lipinski definition) is 6. The van der Waals surface area contributed by atoms with Gasteiger partial charge in [0, 0.05) is 25.4 Å². The maximum Gasteiger partial charge on any atom is 0.276 e. The van der Waals surface area contributed by atoms with Gasteiger partial charge >= 0.3 is 0 Å². The molecule has 4 rings (SSSR count). The summed E-state index contributed by atoms with van der Waals surface area (Å²) >= 11 is 0. The maximum atomic E-state index is 12.8. The van der Waals surface area contributed by atoms with E-state index in [2.05, 4.69) is 5.32 Å². The number of amides is 2. The van der Waals surface area contributed by atoms with Crippen LogP contribution < -0.4 is 10.7 Å². The molecule has 9 nitrogen and oxygen atoms in total. The summed E-state index contributed by atoms with van der Waals surface area (Å²) in [5.41, 5.74) is -1.13. The van der Waals surface area contributed by atoms with Crippen LogP contribution in [0.4, 0.5) is 0 Å². The molecule has 1 aromatic heterocycles. The Hall–Kier alpha value is -2.39. The van der Waals surface area contributed by atoms with Crippen molar-refractivity contribution in [1.82, 2.24) is 14.8 Å². The Kier molecular flexibility index (Phi) is 4.65. The minimum atomic E-state index is -0.844. The third-order valence-corrected chi connectivity index (χ3v) is 5.44. The van der Waals surface area contributed by atoms with E-state index >= 15 is 0 Å². The third-order valence-electron chi connectivity index (χ3n) is 5.44. The second-order valence-corrected chi connectivity index (χ2v) is 7.24.